The van der Waals surface area contributed by atoms with Crippen LogP contribution in [0, 0.1) is 0 Å². The van der Waals surface area contributed by atoms with Crippen LogP contribution in [0.15, 0.2) is 164 Å². The fraction of sp³-hybridized carbons (Fsp3) is 0.180. The largest absolute Gasteiger partial charge is 0.497 e. The summed E-state index contributed by atoms with van der Waals surface area (Å²) in [6.45, 7) is 1.53. The predicted molar refractivity (Wildman–Crippen MR) is 225 cm³/mol. The van der Waals surface area contributed by atoms with E-state index in [1.54, 1.807) is 104 Å². The number of ether oxygens (including phenoxy) is 7. The van der Waals surface area contributed by atoms with E-state index in [0.29, 0.717) is 24.0 Å². The molecule has 62 heavy (non-hydrogen) atoms. The van der Waals surface area contributed by atoms with Crippen LogP contribution >= 0.6 is 0 Å². The number of hydrogen-bond acceptors (Lipinski definition) is 12. The van der Waals surface area contributed by atoms with Gasteiger partial charge in [0.25, 0.3) is 0 Å². The van der Waals surface area contributed by atoms with Gasteiger partial charge in [-0.05, 0) is 84.8 Å². The molecule has 7 rings (SSSR count). The lowest BCUT2D eigenvalue weighted by Gasteiger charge is -2.45. The molecule has 1 aliphatic heterocycles. The van der Waals surface area contributed by atoms with Gasteiger partial charge in [0.1, 0.15) is 30.0 Å². The fourth-order valence-corrected chi connectivity index (χ4v) is 6.87. The third kappa shape index (κ3) is 10.4. The van der Waals surface area contributed by atoms with Crippen molar-refractivity contribution in [3.63, 3.8) is 0 Å². The van der Waals surface area contributed by atoms with Crippen molar-refractivity contribution < 1.29 is 57.1 Å². The Labute approximate surface area is 357 Å². The molecule has 12 nitrogen and oxygen atoms in total. The first kappa shape index (κ1) is 42.6. The van der Waals surface area contributed by atoms with Crippen molar-refractivity contribution in [2.24, 2.45) is 0 Å². The summed E-state index contributed by atoms with van der Waals surface area (Å²) in [5.74, 6) is -2.43. The van der Waals surface area contributed by atoms with Crippen LogP contribution in [0.2, 0.25) is 0 Å². The number of benzene rings is 6. The highest BCUT2D eigenvalue weighted by molar-refractivity contribution is 5.91. The summed E-state index contributed by atoms with van der Waals surface area (Å²) >= 11 is 0. The maximum Gasteiger partial charge on any atom is 0.338 e. The van der Waals surface area contributed by atoms with E-state index in [9.17, 15) is 24.0 Å². The quantitative estimate of drug-likeness (QED) is 0.0559. The van der Waals surface area contributed by atoms with Crippen LogP contribution in [-0.2, 0) is 30.1 Å². The number of carbonyl (C=O) groups excluding carboxylic acids is 5. The topological polar surface area (TPSA) is 150 Å². The second kappa shape index (κ2) is 20.1. The zero-order chi connectivity index (χ0) is 43.4. The highest BCUT2D eigenvalue weighted by Crippen LogP contribution is 2.36. The molecule has 0 spiro atoms. The van der Waals surface area contributed by atoms with Gasteiger partial charge in [0, 0.05) is 12.0 Å². The first-order valence-corrected chi connectivity index (χ1v) is 19.8. The summed E-state index contributed by atoms with van der Waals surface area (Å²) in [6.07, 6.45) is -8.18. The normalized spacial score (nSPS) is 18.6. The predicted octanol–water partition coefficient (Wildman–Crippen LogP) is 8.12. The minimum atomic E-state index is -1.65. The summed E-state index contributed by atoms with van der Waals surface area (Å²) in [6, 6.07) is 44.7. The van der Waals surface area contributed by atoms with Crippen LogP contribution in [0.25, 0.3) is 0 Å². The standard InChI is InChI=1S/C50H42O12/c1-32(57-46(52)35-15-7-3-8-16-35)42-43(59-47(53)36-17-9-4-10-18-36)44(60-48(54)37-19-11-5-12-20-37)45(61-49(55)38-21-13-6-14-22-38)50(62-42)58-41-30-34(31-51)23-26-39(41)29-33-24-27-40(56-2)28-25-33/h3-28,30-32,42-45,50H,29H2,1-2H3/t32-,42-,43-,44+,45-,50-/m1/s1. The Hall–Kier alpha value is -7.57. The van der Waals surface area contributed by atoms with Gasteiger partial charge >= 0.3 is 23.9 Å². The van der Waals surface area contributed by atoms with Crippen molar-refractivity contribution >= 4 is 30.2 Å². The first-order chi connectivity index (χ1) is 30.2. The Morgan fingerprint density at radius 2 is 1.05 bits per heavy atom. The molecule has 0 saturated carbocycles. The molecule has 0 radical (unpaired) electrons. The average Bonchev–Trinajstić information content (AvgIpc) is 3.32. The monoisotopic (exact) mass is 834 g/mol. The Morgan fingerprint density at radius 1 is 0.581 bits per heavy atom. The van der Waals surface area contributed by atoms with Crippen molar-refractivity contribution in [1.29, 1.82) is 0 Å². The van der Waals surface area contributed by atoms with E-state index >= 15 is 0 Å². The molecular weight excluding hydrogens is 793 g/mol. The first-order valence-electron chi connectivity index (χ1n) is 19.8. The van der Waals surface area contributed by atoms with Gasteiger partial charge in [-0.1, -0.05) is 97.1 Å². The molecule has 1 aliphatic rings. The Balaban J connectivity index is 1.35. The molecule has 6 aromatic rings. The maximum absolute atomic E-state index is 14.1. The number of carbonyl (C=O) groups is 5. The van der Waals surface area contributed by atoms with Crippen molar-refractivity contribution in [3.8, 4) is 11.5 Å². The maximum atomic E-state index is 14.1. The molecule has 0 aromatic heterocycles. The lowest BCUT2D eigenvalue weighted by atomic mass is 9.94. The number of rotatable bonds is 15. The molecule has 6 aromatic carbocycles. The van der Waals surface area contributed by atoms with Gasteiger partial charge in [-0.25, -0.2) is 19.2 Å². The van der Waals surface area contributed by atoms with E-state index in [4.69, 9.17) is 33.2 Å². The molecule has 12 heteroatoms. The van der Waals surface area contributed by atoms with Crippen LogP contribution < -0.4 is 9.47 Å². The highest BCUT2D eigenvalue weighted by Gasteiger charge is 2.56. The number of methoxy groups -OCH3 is 1. The molecule has 0 N–H and O–H groups in total. The second-order valence-corrected chi connectivity index (χ2v) is 14.3. The minimum Gasteiger partial charge on any atom is -0.497 e. The van der Waals surface area contributed by atoms with Crippen molar-refractivity contribution in [2.75, 3.05) is 7.11 Å². The lowest BCUT2D eigenvalue weighted by molar-refractivity contribution is -0.284. The molecule has 0 unspecified atom stereocenters. The molecule has 6 atom stereocenters. The molecule has 1 saturated heterocycles. The zero-order valence-corrected chi connectivity index (χ0v) is 33.7. The summed E-state index contributed by atoms with van der Waals surface area (Å²) in [4.78, 5) is 67.8. The van der Waals surface area contributed by atoms with Gasteiger partial charge in [-0.3, -0.25) is 4.79 Å². The van der Waals surface area contributed by atoms with Gasteiger partial charge in [-0.2, -0.15) is 0 Å². The van der Waals surface area contributed by atoms with Crippen LogP contribution in [-0.4, -0.2) is 74.1 Å². The van der Waals surface area contributed by atoms with Gasteiger partial charge in [0.05, 0.1) is 29.4 Å². The molecule has 0 bridgehead atoms. The number of esters is 4. The summed E-state index contributed by atoms with van der Waals surface area (Å²) in [5, 5.41) is 0. The van der Waals surface area contributed by atoms with Crippen molar-refractivity contribution in [1.82, 2.24) is 0 Å². The smallest absolute Gasteiger partial charge is 0.338 e. The second-order valence-electron chi connectivity index (χ2n) is 14.3. The Bertz CT molecular complexity index is 2460. The lowest BCUT2D eigenvalue weighted by Crippen LogP contribution is -2.65. The van der Waals surface area contributed by atoms with E-state index in [0.717, 1.165) is 5.56 Å². The van der Waals surface area contributed by atoms with Crippen molar-refractivity contribution in [2.45, 2.75) is 50.2 Å². The minimum absolute atomic E-state index is 0.137. The van der Waals surface area contributed by atoms with E-state index in [-0.39, 0.29) is 33.6 Å². The van der Waals surface area contributed by atoms with Crippen LogP contribution in [0.3, 0.4) is 0 Å². The van der Waals surface area contributed by atoms with Gasteiger partial charge < -0.3 is 33.2 Å². The van der Waals surface area contributed by atoms with Gasteiger partial charge in [0.2, 0.25) is 12.4 Å². The molecule has 1 heterocycles. The summed E-state index contributed by atoms with van der Waals surface area (Å²) < 4.78 is 43.2. The van der Waals surface area contributed by atoms with Crippen LogP contribution in [0.5, 0.6) is 11.5 Å². The van der Waals surface area contributed by atoms with Crippen LogP contribution in [0.1, 0.15) is 69.8 Å². The summed E-state index contributed by atoms with van der Waals surface area (Å²) in [5.41, 5.74) is 2.40. The van der Waals surface area contributed by atoms with E-state index in [1.165, 1.54) is 49.4 Å². The van der Waals surface area contributed by atoms with E-state index in [2.05, 4.69) is 0 Å². The average molecular weight is 835 g/mol. The third-order valence-electron chi connectivity index (χ3n) is 10.1. The molecule has 1 fully saturated rings. The Kier molecular flexibility index (Phi) is 13.8. The SMILES string of the molecule is COc1ccc(Cc2ccc(C=O)cc2O[C@@H]2O[C@H]([C@@H](C)OC(=O)c3ccccc3)[C@@H](OC(=O)c3ccccc3)[C@H](OC(=O)c3ccccc3)[C@H]2OC(=O)c2ccccc2)cc1. The van der Waals surface area contributed by atoms with Crippen LogP contribution in [0.4, 0.5) is 0 Å². The van der Waals surface area contributed by atoms with Gasteiger partial charge in [-0.15, -0.1) is 0 Å². The van der Waals surface area contributed by atoms with E-state index in [1.807, 2.05) is 24.3 Å². The van der Waals surface area contributed by atoms with E-state index < -0.39 is 60.7 Å². The molecule has 0 amide bonds. The summed E-state index contributed by atoms with van der Waals surface area (Å²) in [7, 11) is 1.57. The zero-order valence-electron chi connectivity index (χ0n) is 33.7. The fourth-order valence-electron chi connectivity index (χ4n) is 6.87. The van der Waals surface area contributed by atoms with Crippen molar-refractivity contribution in [3.05, 3.63) is 203 Å². The third-order valence-corrected chi connectivity index (χ3v) is 10.1. The van der Waals surface area contributed by atoms with Gasteiger partial charge in [0.15, 0.2) is 12.2 Å². The Morgan fingerprint density at radius 3 is 1.53 bits per heavy atom. The molecule has 0 aliphatic carbocycles. The number of hydrogen-bond donors (Lipinski definition) is 0. The molecule has 314 valence electrons. The number of aldehydes is 1. The molecular formula is C50H42O12. The highest BCUT2D eigenvalue weighted by atomic mass is 16.7.